The van der Waals surface area contributed by atoms with Gasteiger partial charge >= 0.3 is 6.03 Å². The van der Waals surface area contributed by atoms with E-state index >= 15 is 0 Å². The summed E-state index contributed by atoms with van der Waals surface area (Å²) in [6.45, 7) is 6.36. The summed E-state index contributed by atoms with van der Waals surface area (Å²) in [4.78, 5) is 39.0. The number of hydrogen-bond acceptors (Lipinski definition) is 4. The van der Waals surface area contributed by atoms with Crippen LogP contribution in [0.15, 0.2) is 60.2 Å². The van der Waals surface area contributed by atoms with E-state index < -0.39 is 17.8 Å². The van der Waals surface area contributed by atoms with E-state index in [1.165, 1.54) is 12.1 Å². The number of carbonyl (C=O) groups is 3. The lowest BCUT2D eigenvalue weighted by Crippen LogP contribution is -2.54. The molecule has 1 saturated heterocycles. The number of benzene rings is 2. The first-order valence-electron chi connectivity index (χ1n) is 10.4. The lowest BCUT2D eigenvalue weighted by molar-refractivity contribution is -0.122. The minimum absolute atomic E-state index is 0.137. The van der Waals surface area contributed by atoms with Crippen LogP contribution in [0, 0.1) is 13.8 Å². The van der Waals surface area contributed by atoms with E-state index in [9.17, 15) is 14.4 Å². The fourth-order valence-corrected chi connectivity index (χ4v) is 4.04. The summed E-state index contributed by atoms with van der Waals surface area (Å²) in [6.07, 6.45) is 1.51. The number of halogens is 1. The molecule has 0 saturated carbocycles. The van der Waals surface area contributed by atoms with Gasteiger partial charge in [0.15, 0.2) is 0 Å². The zero-order valence-electron chi connectivity index (χ0n) is 18.4. The van der Waals surface area contributed by atoms with E-state index in [1.807, 2.05) is 55.7 Å². The molecule has 1 aromatic heterocycles. The Morgan fingerprint density at radius 1 is 1.00 bits per heavy atom. The van der Waals surface area contributed by atoms with Crippen molar-refractivity contribution < 1.29 is 19.1 Å². The van der Waals surface area contributed by atoms with Crippen molar-refractivity contribution in [3.8, 4) is 11.4 Å². The Balaban J connectivity index is 1.72. The van der Waals surface area contributed by atoms with Gasteiger partial charge in [-0.15, -0.1) is 0 Å². The average Bonchev–Trinajstić information content (AvgIpc) is 3.05. The van der Waals surface area contributed by atoms with Gasteiger partial charge in [0.25, 0.3) is 11.8 Å². The molecule has 33 heavy (non-hydrogen) atoms. The number of nitrogens with zero attached hydrogens (tertiary/aromatic N) is 2. The molecule has 0 bridgehead atoms. The Bertz CT molecular complexity index is 1290. The Hall–Kier alpha value is -3.84. The second-order valence-electron chi connectivity index (χ2n) is 7.53. The molecule has 1 fully saturated rings. The first-order chi connectivity index (χ1) is 15.8. The molecule has 168 valence electrons. The number of rotatable bonds is 5. The number of amides is 4. The van der Waals surface area contributed by atoms with Crippen molar-refractivity contribution in [3.63, 3.8) is 0 Å². The van der Waals surface area contributed by atoms with Gasteiger partial charge in [-0.3, -0.25) is 14.9 Å². The van der Waals surface area contributed by atoms with Crippen LogP contribution in [-0.2, 0) is 9.59 Å². The standard InChI is InChI=1S/C25H22ClN3O4/c1-4-33-21-10-8-19(9-11-21)28-15(2)12-17(16(28)3)13-22-23(30)27-25(32)29(24(22)31)20-7-5-6-18(26)14-20/h5-14H,4H2,1-3H3,(H,27,30,32)/b22-13+. The second-order valence-corrected chi connectivity index (χ2v) is 7.96. The quantitative estimate of drug-likeness (QED) is 0.435. The monoisotopic (exact) mass is 463 g/mol. The normalized spacial score (nSPS) is 15.2. The van der Waals surface area contributed by atoms with Gasteiger partial charge < -0.3 is 9.30 Å². The zero-order chi connectivity index (χ0) is 23.7. The fourth-order valence-electron chi connectivity index (χ4n) is 3.85. The summed E-state index contributed by atoms with van der Waals surface area (Å²) in [6, 6.07) is 15.1. The lowest BCUT2D eigenvalue weighted by Gasteiger charge is -2.26. The molecule has 0 unspecified atom stereocenters. The molecule has 1 N–H and O–H groups in total. The van der Waals surface area contributed by atoms with Gasteiger partial charge in [-0.05, 0) is 80.9 Å². The summed E-state index contributed by atoms with van der Waals surface area (Å²) in [5, 5.41) is 2.60. The van der Waals surface area contributed by atoms with Gasteiger partial charge in [0.1, 0.15) is 11.3 Å². The molecule has 4 rings (SSSR count). The molecule has 3 aromatic rings. The number of anilines is 1. The Labute approximate surface area is 196 Å². The van der Waals surface area contributed by atoms with Gasteiger partial charge in [0.05, 0.1) is 12.3 Å². The van der Waals surface area contributed by atoms with Crippen LogP contribution in [-0.4, -0.2) is 29.0 Å². The van der Waals surface area contributed by atoms with Gasteiger partial charge in [-0.2, -0.15) is 0 Å². The van der Waals surface area contributed by atoms with E-state index in [4.69, 9.17) is 16.3 Å². The number of carbonyl (C=O) groups excluding carboxylic acids is 3. The Morgan fingerprint density at radius 2 is 1.73 bits per heavy atom. The first-order valence-corrected chi connectivity index (χ1v) is 10.8. The predicted octanol–water partition coefficient (Wildman–Crippen LogP) is 4.81. The minimum Gasteiger partial charge on any atom is -0.494 e. The zero-order valence-corrected chi connectivity index (χ0v) is 19.1. The number of hydrogen-bond donors (Lipinski definition) is 1. The molecule has 2 aromatic carbocycles. The van der Waals surface area contributed by atoms with Crippen LogP contribution in [0.5, 0.6) is 5.75 Å². The SMILES string of the molecule is CCOc1ccc(-n2c(C)cc(/C=C3\C(=O)NC(=O)N(c4cccc(Cl)c4)C3=O)c2C)cc1. The molecule has 1 aliphatic rings. The molecule has 8 heteroatoms. The smallest absolute Gasteiger partial charge is 0.335 e. The van der Waals surface area contributed by atoms with E-state index in [0.29, 0.717) is 17.2 Å². The number of ether oxygens (including phenoxy) is 1. The fraction of sp³-hybridized carbons (Fsp3) is 0.160. The number of barbiturate groups is 1. The number of imide groups is 2. The molecule has 0 spiro atoms. The van der Waals surface area contributed by atoms with Crippen LogP contribution in [0.2, 0.25) is 5.02 Å². The van der Waals surface area contributed by atoms with Gasteiger partial charge in [0, 0.05) is 22.1 Å². The maximum Gasteiger partial charge on any atom is 0.335 e. The first kappa shape index (κ1) is 22.4. The van der Waals surface area contributed by atoms with Crippen LogP contribution < -0.4 is 15.0 Å². The van der Waals surface area contributed by atoms with Gasteiger partial charge in [-0.25, -0.2) is 9.69 Å². The van der Waals surface area contributed by atoms with E-state index in [1.54, 1.807) is 18.2 Å². The largest absolute Gasteiger partial charge is 0.494 e. The Kier molecular flexibility index (Phi) is 6.07. The number of aromatic nitrogens is 1. The van der Waals surface area contributed by atoms with Crippen LogP contribution in [0.1, 0.15) is 23.9 Å². The van der Waals surface area contributed by atoms with Crippen molar-refractivity contribution in [2.75, 3.05) is 11.5 Å². The van der Waals surface area contributed by atoms with Crippen molar-refractivity contribution in [3.05, 3.63) is 82.1 Å². The second kappa shape index (κ2) is 8.96. The minimum atomic E-state index is -0.815. The van der Waals surface area contributed by atoms with Crippen LogP contribution in [0.4, 0.5) is 10.5 Å². The van der Waals surface area contributed by atoms with Crippen molar-refractivity contribution in [1.82, 2.24) is 9.88 Å². The molecular weight excluding hydrogens is 442 g/mol. The van der Waals surface area contributed by atoms with Crippen molar-refractivity contribution in [1.29, 1.82) is 0 Å². The molecule has 2 heterocycles. The van der Waals surface area contributed by atoms with Crippen LogP contribution >= 0.6 is 11.6 Å². The molecule has 7 nitrogen and oxygen atoms in total. The summed E-state index contributed by atoms with van der Waals surface area (Å²) in [7, 11) is 0. The van der Waals surface area contributed by atoms with E-state index in [0.717, 1.165) is 27.7 Å². The van der Waals surface area contributed by atoms with Crippen LogP contribution in [0.3, 0.4) is 0 Å². The third kappa shape index (κ3) is 4.27. The highest BCUT2D eigenvalue weighted by molar-refractivity contribution is 6.39. The summed E-state index contributed by atoms with van der Waals surface area (Å²) < 4.78 is 7.53. The van der Waals surface area contributed by atoms with Crippen molar-refractivity contribution in [2.45, 2.75) is 20.8 Å². The highest BCUT2D eigenvalue weighted by atomic mass is 35.5. The Morgan fingerprint density at radius 3 is 2.39 bits per heavy atom. The third-order valence-corrected chi connectivity index (χ3v) is 5.58. The maximum atomic E-state index is 13.1. The summed E-state index contributed by atoms with van der Waals surface area (Å²) >= 11 is 6.02. The van der Waals surface area contributed by atoms with E-state index in [-0.39, 0.29) is 11.3 Å². The molecular formula is C25H22ClN3O4. The number of nitrogens with one attached hydrogen (secondary N) is 1. The van der Waals surface area contributed by atoms with E-state index in [2.05, 4.69) is 5.32 Å². The summed E-state index contributed by atoms with van der Waals surface area (Å²) in [5.74, 6) is -0.674. The van der Waals surface area contributed by atoms with Crippen molar-refractivity contribution >= 4 is 41.2 Å². The summed E-state index contributed by atoms with van der Waals surface area (Å²) in [5.41, 5.74) is 3.53. The predicted molar refractivity (Wildman–Crippen MR) is 127 cm³/mol. The number of urea groups is 1. The van der Waals surface area contributed by atoms with Crippen LogP contribution in [0.25, 0.3) is 11.8 Å². The average molecular weight is 464 g/mol. The topological polar surface area (TPSA) is 80.6 Å². The van der Waals surface area contributed by atoms with Gasteiger partial charge in [-0.1, -0.05) is 17.7 Å². The third-order valence-electron chi connectivity index (χ3n) is 5.34. The maximum absolute atomic E-state index is 13.1. The highest BCUT2D eigenvalue weighted by Gasteiger charge is 2.37. The molecule has 4 amide bonds. The highest BCUT2D eigenvalue weighted by Crippen LogP contribution is 2.27. The van der Waals surface area contributed by atoms with Gasteiger partial charge in [0.2, 0.25) is 0 Å². The molecule has 1 aliphatic heterocycles. The lowest BCUT2D eigenvalue weighted by atomic mass is 10.1. The molecule has 0 radical (unpaired) electrons. The molecule has 0 aliphatic carbocycles. The molecule has 0 atom stereocenters. The van der Waals surface area contributed by atoms with Crippen molar-refractivity contribution in [2.24, 2.45) is 0 Å². The number of aryl methyl sites for hydroxylation is 1.